The second-order valence-corrected chi connectivity index (χ2v) is 3.32. The summed E-state index contributed by atoms with van der Waals surface area (Å²) in [6, 6.07) is -0.368. The SMILES string of the molecule is Cc1nn(C(C)C(N)=O)c(C)c1C. The van der Waals surface area contributed by atoms with Crippen LogP contribution < -0.4 is 5.73 Å². The minimum atomic E-state index is -0.368. The van der Waals surface area contributed by atoms with Gasteiger partial charge in [0, 0.05) is 5.69 Å². The zero-order chi connectivity index (χ0) is 10.2. The van der Waals surface area contributed by atoms with Gasteiger partial charge in [-0.25, -0.2) is 0 Å². The van der Waals surface area contributed by atoms with Crippen molar-refractivity contribution in [3.8, 4) is 0 Å². The summed E-state index contributed by atoms with van der Waals surface area (Å²) in [5.41, 5.74) is 8.27. The first-order chi connectivity index (χ1) is 5.95. The molecule has 1 heterocycles. The molecule has 72 valence electrons. The molecule has 1 amide bonds. The molecular weight excluding hydrogens is 166 g/mol. The predicted molar refractivity (Wildman–Crippen MR) is 50.3 cm³/mol. The molecule has 0 bridgehead atoms. The van der Waals surface area contributed by atoms with Crippen LogP contribution in [0.4, 0.5) is 0 Å². The molecule has 0 spiro atoms. The van der Waals surface area contributed by atoms with E-state index in [1.165, 1.54) is 0 Å². The number of rotatable bonds is 2. The van der Waals surface area contributed by atoms with Gasteiger partial charge in [0.25, 0.3) is 0 Å². The van der Waals surface area contributed by atoms with Gasteiger partial charge in [0.1, 0.15) is 6.04 Å². The average Bonchev–Trinajstić information content (AvgIpc) is 2.31. The molecule has 0 aliphatic heterocycles. The maximum Gasteiger partial charge on any atom is 0.242 e. The van der Waals surface area contributed by atoms with Crippen molar-refractivity contribution in [3.05, 3.63) is 17.0 Å². The van der Waals surface area contributed by atoms with E-state index in [0.717, 1.165) is 17.0 Å². The van der Waals surface area contributed by atoms with Gasteiger partial charge in [-0.15, -0.1) is 0 Å². The highest BCUT2D eigenvalue weighted by Gasteiger charge is 2.16. The normalized spacial score (nSPS) is 12.9. The Morgan fingerprint density at radius 1 is 1.46 bits per heavy atom. The molecule has 1 atom stereocenters. The van der Waals surface area contributed by atoms with Crippen LogP contribution in [-0.4, -0.2) is 15.7 Å². The van der Waals surface area contributed by atoms with Gasteiger partial charge in [0.2, 0.25) is 5.91 Å². The predicted octanol–water partition coefficient (Wildman–Crippen LogP) is 0.855. The van der Waals surface area contributed by atoms with E-state index in [9.17, 15) is 4.79 Å². The van der Waals surface area contributed by atoms with Crippen LogP contribution in [0.25, 0.3) is 0 Å². The molecular formula is C9H15N3O. The topological polar surface area (TPSA) is 60.9 Å². The molecule has 1 unspecified atom stereocenters. The van der Waals surface area contributed by atoms with Crippen molar-refractivity contribution in [2.75, 3.05) is 0 Å². The zero-order valence-corrected chi connectivity index (χ0v) is 8.46. The Hall–Kier alpha value is -1.32. The van der Waals surface area contributed by atoms with E-state index >= 15 is 0 Å². The summed E-state index contributed by atoms with van der Waals surface area (Å²) in [5.74, 6) is -0.356. The third-order valence-electron chi connectivity index (χ3n) is 2.47. The van der Waals surface area contributed by atoms with Gasteiger partial charge in [0.05, 0.1) is 5.69 Å². The fourth-order valence-corrected chi connectivity index (χ4v) is 1.24. The lowest BCUT2D eigenvalue weighted by Crippen LogP contribution is -2.25. The van der Waals surface area contributed by atoms with E-state index in [1.807, 2.05) is 20.8 Å². The summed E-state index contributed by atoms with van der Waals surface area (Å²) in [4.78, 5) is 10.9. The number of carbonyl (C=O) groups excluding carboxylic acids is 1. The van der Waals surface area contributed by atoms with Crippen molar-refractivity contribution in [3.63, 3.8) is 0 Å². The minimum Gasteiger partial charge on any atom is -0.368 e. The van der Waals surface area contributed by atoms with Crippen LogP contribution in [0.15, 0.2) is 0 Å². The third-order valence-corrected chi connectivity index (χ3v) is 2.47. The van der Waals surface area contributed by atoms with Crippen molar-refractivity contribution in [1.82, 2.24) is 9.78 Å². The Labute approximate surface area is 77.7 Å². The third kappa shape index (κ3) is 1.56. The quantitative estimate of drug-likeness (QED) is 0.735. The number of primary amides is 1. The second-order valence-electron chi connectivity index (χ2n) is 3.32. The second kappa shape index (κ2) is 3.20. The van der Waals surface area contributed by atoms with Crippen LogP contribution in [-0.2, 0) is 4.79 Å². The smallest absolute Gasteiger partial charge is 0.242 e. The van der Waals surface area contributed by atoms with Gasteiger partial charge >= 0.3 is 0 Å². The van der Waals surface area contributed by atoms with Crippen molar-refractivity contribution < 1.29 is 4.79 Å². The molecule has 0 aliphatic rings. The number of hydrogen-bond acceptors (Lipinski definition) is 2. The monoisotopic (exact) mass is 181 g/mol. The van der Waals surface area contributed by atoms with E-state index < -0.39 is 0 Å². The van der Waals surface area contributed by atoms with Crippen LogP contribution in [0.2, 0.25) is 0 Å². The summed E-state index contributed by atoms with van der Waals surface area (Å²) >= 11 is 0. The molecule has 2 N–H and O–H groups in total. The number of hydrogen-bond donors (Lipinski definition) is 1. The van der Waals surface area contributed by atoms with Gasteiger partial charge in [-0.05, 0) is 33.3 Å². The number of nitrogens with zero attached hydrogens (tertiary/aromatic N) is 2. The first-order valence-corrected chi connectivity index (χ1v) is 4.26. The van der Waals surface area contributed by atoms with E-state index in [4.69, 9.17) is 5.73 Å². The number of nitrogens with two attached hydrogens (primary N) is 1. The summed E-state index contributed by atoms with van der Waals surface area (Å²) < 4.78 is 1.67. The minimum absolute atomic E-state index is 0.356. The molecule has 0 aliphatic carbocycles. The maximum atomic E-state index is 10.9. The summed E-state index contributed by atoms with van der Waals surface area (Å²) in [5, 5.41) is 4.25. The lowest BCUT2D eigenvalue weighted by atomic mass is 10.2. The lowest BCUT2D eigenvalue weighted by molar-refractivity contribution is -0.121. The molecule has 0 fully saturated rings. The summed E-state index contributed by atoms with van der Waals surface area (Å²) in [6.45, 7) is 7.60. The molecule has 4 nitrogen and oxygen atoms in total. The molecule has 1 rings (SSSR count). The molecule has 4 heteroatoms. The Morgan fingerprint density at radius 2 is 2.00 bits per heavy atom. The van der Waals surface area contributed by atoms with Crippen LogP contribution in [0.5, 0.6) is 0 Å². The van der Waals surface area contributed by atoms with Crippen molar-refractivity contribution in [2.24, 2.45) is 5.73 Å². The van der Waals surface area contributed by atoms with Gasteiger partial charge in [-0.1, -0.05) is 0 Å². The van der Waals surface area contributed by atoms with E-state index in [-0.39, 0.29) is 11.9 Å². The van der Waals surface area contributed by atoms with Gasteiger partial charge < -0.3 is 5.73 Å². The first kappa shape index (κ1) is 9.77. The van der Waals surface area contributed by atoms with Crippen molar-refractivity contribution in [2.45, 2.75) is 33.7 Å². The Balaban J connectivity index is 3.15. The molecule has 0 saturated heterocycles. The standard InChI is InChI=1S/C9H15N3O/c1-5-6(2)11-12(7(5)3)8(4)9(10)13/h8H,1-4H3,(H2,10,13). The van der Waals surface area contributed by atoms with Crippen LogP contribution >= 0.6 is 0 Å². The van der Waals surface area contributed by atoms with Crippen molar-refractivity contribution >= 4 is 5.91 Å². The fourth-order valence-electron chi connectivity index (χ4n) is 1.24. The summed E-state index contributed by atoms with van der Waals surface area (Å²) in [6.07, 6.45) is 0. The van der Waals surface area contributed by atoms with E-state index in [2.05, 4.69) is 5.10 Å². The number of amides is 1. The van der Waals surface area contributed by atoms with E-state index in [0.29, 0.717) is 0 Å². The van der Waals surface area contributed by atoms with Gasteiger partial charge in [-0.2, -0.15) is 5.10 Å². The first-order valence-electron chi connectivity index (χ1n) is 4.26. The molecule has 1 aromatic rings. The number of carbonyl (C=O) groups is 1. The Morgan fingerprint density at radius 3 is 2.31 bits per heavy atom. The molecule has 0 aromatic carbocycles. The van der Waals surface area contributed by atoms with Crippen molar-refractivity contribution in [1.29, 1.82) is 0 Å². The highest BCUT2D eigenvalue weighted by Crippen LogP contribution is 2.15. The average molecular weight is 181 g/mol. The molecule has 13 heavy (non-hydrogen) atoms. The van der Waals surface area contributed by atoms with E-state index in [1.54, 1.807) is 11.6 Å². The molecule has 0 radical (unpaired) electrons. The van der Waals surface area contributed by atoms with Crippen LogP contribution in [0, 0.1) is 20.8 Å². The summed E-state index contributed by atoms with van der Waals surface area (Å²) in [7, 11) is 0. The largest absolute Gasteiger partial charge is 0.368 e. The number of aromatic nitrogens is 2. The van der Waals surface area contributed by atoms with Gasteiger partial charge in [-0.3, -0.25) is 9.48 Å². The zero-order valence-electron chi connectivity index (χ0n) is 8.46. The highest BCUT2D eigenvalue weighted by molar-refractivity contribution is 5.77. The van der Waals surface area contributed by atoms with Gasteiger partial charge in [0.15, 0.2) is 0 Å². The highest BCUT2D eigenvalue weighted by atomic mass is 16.1. The number of aryl methyl sites for hydroxylation is 1. The van der Waals surface area contributed by atoms with Crippen LogP contribution in [0.1, 0.15) is 29.9 Å². The Bertz CT molecular complexity index is 341. The maximum absolute atomic E-state index is 10.9. The van der Waals surface area contributed by atoms with Crippen LogP contribution in [0.3, 0.4) is 0 Å². The molecule has 0 saturated carbocycles. The Kier molecular flexibility index (Phi) is 2.40. The fraction of sp³-hybridized carbons (Fsp3) is 0.556. The lowest BCUT2D eigenvalue weighted by Gasteiger charge is -2.09. The molecule has 1 aromatic heterocycles.